The van der Waals surface area contributed by atoms with Gasteiger partial charge >= 0.3 is 0 Å². The number of fused-ring (bicyclic) bond motifs is 1. The van der Waals surface area contributed by atoms with Crippen LogP contribution in [0.25, 0.3) is 0 Å². The molecular formula is C17H23N3. The lowest BCUT2D eigenvalue weighted by Gasteiger charge is -2.36. The maximum atomic E-state index is 4.31. The molecule has 1 aromatic heterocycles. The van der Waals surface area contributed by atoms with Crippen molar-refractivity contribution in [2.75, 3.05) is 0 Å². The summed E-state index contributed by atoms with van der Waals surface area (Å²) in [5.41, 5.74) is 2.98. The van der Waals surface area contributed by atoms with Gasteiger partial charge < -0.3 is 10.3 Å². The molecule has 0 amide bonds. The molecule has 1 aliphatic rings. The van der Waals surface area contributed by atoms with E-state index in [4.69, 9.17) is 0 Å². The van der Waals surface area contributed by atoms with Crippen molar-refractivity contribution >= 4 is 0 Å². The number of rotatable bonds is 4. The fraction of sp³-hybridized carbons (Fsp3) is 0.471. The van der Waals surface area contributed by atoms with Gasteiger partial charge in [0.05, 0.1) is 6.54 Å². The Hall–Kier alpha value is -1.61. The molecule has 106 valence electrons. The number of imidazole rings is 1. The average Bonchev–Trinajstić information content (AvgIpc) is 2.97. The summed E-state index contributed by atoms with van der Waals surface area (Å²) in [4.78, 5) is 7.48. The number of hydrogen-bond acceptors (Lipinski definition) is 2. The molecule has 0 aliphatic heterocycles. The van der Waals surface area contributed by atoms with Crippen LogP contribution in [0.2, 0.25) is 0 Å². The second kappa shape index (κ2) is 5.80. The minimum atomic E-state index is 0.435. The number of nitrogens with zero attached hydrogens (tertiary/aromatic N) is 1. The molecule has 0 saturated heterocycles. The van der Waals surface area contributed by atoms with Crippen molar-refractivity contribution in [3.8, 4) is 0 Å². The van der Waals surface area contributed by atoms with E-state index in [1.165, 1.54) is 24.0 Å². The van der Waals surface area contributed by atoms with Crippen LogP contribution in [-0.4, -0.2) is 9.97 Å². The minimum Gasteiger partial charge on any atom is -0.348 e. The molecular weight excluding hydrogens is 246 g/mol. The molecule has 3 nitrogen and oxygen atoms in total. The van der Waals surface area contributed by atoms with E-state index in [9.17, 15) is 0 Å². The quantitative estimate of drug-likeness (QED) is 0.892. The van der Waals surface area contributed by atoms with Crippen molar-refractivity contribution in [3.63, 3.8) is 0 Å². The monoisotopic (exact) mass is 269 g/mol. The second-order valence-electron chi connectivity index (χ2n) is 6.04. The molecule has 0 spiro atoms. The molecule has 0 radical (unpaired) electrons. The predicted molar refractivity (Wildman–Crippen MR) is 81.3 cm³/mol. The molecule has 3 heteroatoms. The van der Waals surface area contributed by atoms with Crippen LogP contribution >= 0.6 is 0 Å². The largest absolute Gasteiger partial charge is 0.348 e. The Morgan fingerprint density at radius 2 is 2.20 bits per heavy atom. The number of aromatic nitrogens is 2. The molecule has 3 rings (SSSR count). The maximum Gasteiger partial charge on any atom is 0.120 e. The van der Waals surface area contributed by atoms with Crippen LogP contribution < -0.4 is 5.32 Å². The smallest absolute Gasteiger partial charge is 0.120 e. The molecule has 1 heterocycles. The lowest BCUT2D eigenvalue weighted by atomic mass is 9.74. The molecule has 0 fully saturated rings. The van der Waals surface area contributed by atoms with Gasteiger partial charge in [0.1, 0.15) is 5.82 Å². The lowest BCUT2D eigenvalue weighted by Crippen LogP contribution is -2.35. The van der Waals surface area contributed by atoms with E-state index < -0.39 is 0 Å². The van der Waals surface area contributed by atoms with Gasteiger partial charge in [0, 0.05) is 18.4 Å². The second-order valence-corrected chi connectivity index (χ2v) is 6.04. The van der Waals surface area contributed by atoms with Gasteiger partial charge in [-0.15, -0.1) is 0 Å². The van der Waals surface area contributed by atoms with Gasteiger partial charge in [-0.2, -0.15) is 0 Å². The maximum absolute atomic E-state index is 4.31. The van der Waals surface area contributed by atoms with E-state index in [-0.39, 0.29) is 0 Å². The summed E-state index contributed by atoms with van der Waals surface area (Å²) < 4.78 is 0. The predicted octanol–water partition coefficient (Wildman–Crippen LogP) is 3.46. The van der Waals surface area contributed by atoms with Crippen LogP contribution in [0.1, 0.15) is 43.3 Å². The van der Waals surface area contributed by atoms with Gasteiger partial charge in [-0.1, -0.05) is 38.1 Å². The van der Waals surface area contributed by atoms with Crippen molar-refractivity contribution in [1.29, 1.82) is 0 Å². The number of H-pyrrole nitrogens is 1. The third-order valence-electron chi connectivity index (χ3n) is 4.47. The molecule has 1 aromatic carbocycles. The van der Waals surface area contributed by atoms with Crippen LogP contribution in [0.3, 0.4) is 0 Å². The molecule has 0 bridgehead atoms. The lowest BCUT2D eigenvalue weighted by molar-refractivity contribution is 0.245. The molecule has 2 N–H and O–H groups in total. The summed E-state index contributed by atoms with van der Waals surface area (Å²) in [6.45, 7) is 5.47. The molecule has 20 heavy (non-hydrogen) atoms. The summed E-state index contributed by atoms with van der Waals surface area (Å²) in [6.07, 6.45) is 6.17. The first kappa shape index (κ1) is 13.4. The van der Waals surface area contributed by atoms with Crippen LogP contribution in [0, 0.1) is 11.8 Å². The number of aromatic amines is 1. The SMILES string of the molecule is CC(C)[C@H]1CCc2ccccc2[C@@H]1NCc1ncc[nH]1. The summed E-state index contributed by atoms with van der Waals surface area (Å²) in [5, 5.41) is 3.72. The Balaban J connectivity index is 1.83. The van der Waals surface area contributed by atoms with Crippen LogP contribution in [0.15, 0.2) is 36.7 Å². The van der Waals surface area contributed by atoms with E-state index in [2.05, 4.69) is 53.4 Å². The Morgan fingerprint density at radius 3 is 2.95 bits per heavy atom. The van der Waals surface area contributed by atoms with Gasteiger partial charge in [-0.3, -0.25) is 0 Å². The van der Waals surface area contributed by atoms with Crippen molar-refractivity contribution in [2.24, 2.45) is 11.8 Å². The third kappa shape index (κ3) is 2.63. The zero-order valence-electron chi connectivity index (χ0n) is 12.3. The number of hydrogen-bond donors (Lipinski definition) is 2. The first-order valence-corrected chi connectivity index (χ1v) is 7.55. The Bertz CT molecular complexity index is 545. The highest BCUT2D eigenvalue weighted by atomic mass is 15.0. The van der Waals surface area contributed by atoms with Crippen molar-refractivity contribution in [1.82, 2.24) is 15.3 Å². The molecule has 2 aromatic rings. The highest BCUT2D eigenvalue weighted by Gasteiger charge is 2.30. The number of nitrogens with one attached hydrogen (secondary N) is 2. The zero-order valence-corrected chi connectivity index (χ0v) is 12.3. The van der Waals surface area contributed by atoms with Crippen LogP contribution in [0.5, 0.6) is 0 Å². The van der Waals surface area contributed by atoms with Crippen molar-refractivity contribution in [3.05, 3.63) is 53.6 Å². The highest BCUT2D eigenvalue weighted by Crippen LogP contribution is 2.38. The average molecular weight is 269 g/mol. The first-order chi connectivity index (χ1) is 9.75. The Labute approximate surface area is 120 Å². The zero-order chi connectivity index (χ0) is 13.9. The van der Waals surface area contributed by atoms with Crippen molar-refractivity contribution < 1.29 is 0 Å². The summed E-state index contributed by atoms with van der Waals surface area (Å²) in [5.74, 6) is 2.40. The van der Waals surface area contributed by atoms with Gasteiger partial charge in [0.15, 0.2) is 0 Å². The topological polar surface area (TPSA) is 40.7 Å². The fourth-order valence-electron chi connectivity index (χ4n) is 3.37. The van der Waals surface area contributed by atoms with E-state index in [1.54, 1.807) is 0 Å². The van der Waals surface area contributed by atoms with E-state index in [0.29, 0.717) is 17.9 Å². The highest BCUT2D eigenvalue weighted by molar-refractivity contribution is 5.33. The summed E-state index contributed by atoms with van der Waals surface area (Å²) >= 11 is 0. The third-order valence-corrected chi connectivity index (χ3v) is 4.47. The molecule has 2 atom stereocenters. The molecule has 0 saturated carbocycles. The standard InChI is InChI=1S/C17H23N3/c1-12(2)14-8-7-13-5-3-4-6-15(13)17(14)20-11-16-18-9-10-19-16/h3-6,9-10,12,14,17,20H,7-8,11H2,1-2H3,(H,18,19)/t14-,17-/m1/s1. The molecule has 0 unspecified atom stereocenters. The van der Waals surface area contributed by atoms with E-state index in [1.807, 2.05) is 12.4 Å². The fourth-order valence-corrected chi connectivity index (χ4v) is 3.37. The van der Waals surface area contributed by atoms with Gasteiger partial charge in [0.25, 0.3) is 0 Å². The molecule has 1 aliphatic carbocycles. The van der Waals surface area contributed by atoms with Gasteiger partial charge in [0.2, 0.25) is 0 Å². The van der Waals surface area contributed by atoms with Crippen LogP contribution in [0.4, 0.5) is 0 Å². The summed E-state index contributed by atoms with van der Waals surface area (Å²) in [6, 6.07) is 9.29. The summed E-state index contributed by atoms with van der Waals surface area (Å²) in [7, 11) is 0. The Kier molecular flexibility index (Phi) is 3.88. The van der Waals surface area contributed by atoms with E-state index >= 15 is 0 Å². The number of aryl methyl sites for hydroxylation is 1. The van der Waals surface area contributed by atoms with Crippen LogP contribution in [-0.2, 0) is 13.0 Å². The van der Waals surface area contributed by atoms with Gasteiger partial charge in [-0.25, -0.2) is 4.98 Å². The Morgan fingerprint density at radius 1 is 1.35 bits per heavy atom. The minimum absolute atomic E-state index is 0.435. The number of benzene rings is 1. The first-order valence-electron chi connectivity index (χ1n) is 7.55. The van der Waals surface area contributed by atoms with Crippen molar-refractivity contribution in [2.45, 2.75) is 39.3 Å². The normalized spacial score (nSPS) is 21.9. The van der Waals surface area contributed by atoms with Gasteiger partial charge in [-0.05, 0) is 35.8 Å². The van der Waals surface area contributed by atoms with E-state index in [0.717, 1.165) is 12.4 Å².